The quantitative estimate of drug-likeness (QED) is 0.607. The molecule has 0 aliphatic heterocycles. The van der Waals surface area contributed by atoms with Crippen LogP contribution in [0.3, 0.4) is 0 Å². The lowest BCUT2D eigenvalue weighted by molar-refractivity contribution is 0.414. The largest absolute Gasteiger partial charge is 0.497 e. The molecule has 1 fully saturated rings. The third-order valence-corrected chi connectivity index (χ3v) is 5.98. The van der Waals surface area contributed by atoms with Crippen LogP contribution >= 0.6 is 15.9 Å². The van der Waals surface area contributed by atoms with Crippen LogP contribution in [0.15, 0.2) is 45.7 Å². The predicted octanol–water partition coefficient (Wildman–Crippen LogP) is 5.17. The molecule has 27 heavy (non-hydrogen) atoms. The van der Waals surface area contributed by atoms with Crippen molar-refractivity contribution in [2.45, 2.75) is 32.4 Å². The maximum atomic E-state index is 15.0. The Balaban J connectivity index is 1.79. The third kappa shape index (κ3) is 3.23. The number of nitrogens with zero attached hydrogens (tertiary/aromatic N) is 1. The second kappa shape index (κ2) is 7.00. The van der Waals surface area contributed by atoms with Gasteiger partial charge in [-0.1, -0.05) is 12.1 Å². The topological polar surface area (TPSA) is 43.3 Å². The van der Waals surface area contributed by atoms with Gasteiger partial charge in [-0.25, -0.2) is 4.39 Å². The van der Waals surface area contributed by atoms with E-state index in [2.05, 4.69) is 21.2 Å². The molecule has 0 saturated heterocycles. The first-order valence-corrected chi connectivity index (χ1v) is 9.70. The Labute approximate surface area is 165 Å². The first kappa shape index (κ1) is 18.0. The lowest BCUT2D eigenvalue weighted by atomic mass is 10.1. The van der Waals surface area contributed by atoms with E-state index in [0.717, 1.165) is 40.6 Å². The molecular formula is C21H20BrFN2O2. The fourth-order valence-electron chi connectivity index (χ4n) is 3.44. The van der Waals surface area contributed by atoms with E-state index in [-0.39, 0.29) is 17.4 Å². The lowest BCUT2D eigenvalue weighted by Crippen LogP contribution is -2.19. The minimum absolute atomic E-state index is 0.0345. The van der Waals surface area contributed by atoms with Gasteiger partial charge in [0, 0.05) is 24.0 Å². The van der Waals surface area contributed by atoms with Crippen LogP contribution in [0.25, 0.3) is 10.9 Å². The highest BCUT2D eigenvalue weighted by Crippen LogP contribution is 2.41. The molecule has 2 aromatic carbocycles. The summed E-state index contributed by atoms with van der Waals surface area (Å²) in [5, 5.41) is 3.95. The highest BCUT2D eigenvalue weighted by Gasteiger charge is 2.28. The molecule has 1 heterocycles. The molecule has 0 bridgehead atoms. The molecular weight excluding hydrogens is 411 g/mol. The number of aromatic nitrogens is 1. The summed E-state index contributed by atoms with van der Waals surface area (Å²) in [4.78, 5) is 12.4. The number of ether oxygens (including phenoxy) is 1. The molecule has 1 N–H and O–H groups in total. The molecule has 6 heteroatoms. The minimum Gasteiger partial charge on any atom is -0.497 e. The standard InChI is InChI=1S/C21H20BrFN2O2/c1-12-18(22)19(23)20(24-11-13-3-7-15(27-2)8-4-13)16-9-10-17(26)25(21(12)16)14-5-6-14/h3-4,7-10,14,24H,5-6,11H2,1-2H3. The Morgan fingerprint density at radius 2 is 1.93 bits per heavy atom. The van der Waals surface area contributed by atoms with Crippen molar-refractivity contribution in [3.63, 3.8) is 0 Å². The van der Waals surface area contributed by atoms with Crippen molar-refractivity contribution in [3.8, 4) is 5.75 Å². The van der Waals surface area contributed by atoms with Crippen molar-refractivity contribution in [1.29, 1.82) is 0 Å². The molecule has 0 radical (unpaired) electrons. The van der Waals surface area contributed by atoms with Gasteiger partial charge >= 0.3 is 0 Å². The summed E-state index contributed by atoms with van der Waals surface area (Å²) in [6.07, 6.45) is 1.98. The summed E-state index contributed by atoms with van der Waals surface area (Å²) < 4.78 is 22.4. The fraction of sp³-hybridized carbons (Fsp3) is 0.286. The summed E-state index contributed by atoms with van der Waals surface area (Å²) in [7, 11) is 1.62. The van der Waals surface area contributed by atoms with E-state index in [9.17, 15) is 4.79 Å². The van der Waals surface area contributed by atoms with Gasteiger partial charge in [0.25, 0.3) is 5.56 Å². The highest BCUT2D eigenvalue weighted by molar-refractivity contribution is 9.10. The number of fused-ring (bicyclic) bond motifs is 1. The molecule has 1 aliphatic rings. The van der Waals surface area contributed by atoms with E-state index in [4.69, 9.17) is 4.74 Å². The van der Waals surface area contributed by atoms with E-state index >= 15 is 4.39 Å². The number of methoxy groups -OCH3 is 1. The summed E-state index contributed by atoms with van der Waals surface area (Å²) in [5.74, 6) is 0.441. The molecule has 1 aromatic heterocycles. The van der Waals surface area contributed by atoms with Crippen molar-refractivity contribution in [3.05, 3.63) is 68.2 Å². The zero-order valence-corrected chi connectivity index (χ0v) is 16.8. The van der Waals surface area contributed by atoms with E-state index < -0.39 is 0 Å². The second-order valence-corrected chi connectivity index (χ2v) is 7.66. The molecule has 1 saturated carbocycles. The molecule has 1 aliphatic carbocycles. The Morgan fingerprint density at radius 3 is 2.56 bits per heavy atom. The van der Waals surface area contributed by atoms with Crippen LogP contribution in [0.5, 0.6) is 5.75 Å². The zero-order valence-electron chi connectivity index (χ0n) is 15.2. The maximum Gasteiger partial charge on any atom is 0.251 e. The van der Waals surface area contributed by atoms with Gasteiger partial charge in [-0.15, -0.1) is 0 Å². The number of halogens is 2. The summed E-state index contributed by atoms with van der Waals surface area (Å²) >= 11 is 3.38. The molecule has 140 valence electrons. The number of nitrogens with one attached hydrogen (secondary N) is 1. The predicted molar refractivity (Wildman–Crippen MR) is 109 cm³/mol. The minimum atomic E-state index is -0.338. The van der Waals surface area contributed by atoms with Crippen LogP contribution in [0.1, 0.15) is 30.0 Å². The summed E-state index contributed by atoms with van der Waals surface area (Å²) in [6, 6.07) is 11.1. The van der Waals surface area contributed by atoms with Gasteiger partial charge in [0.2, 0.25) is 0 Å². The van der Waals surface area contributed by atoms with E-state index in [1.807, 2.05) is 35.8 Å². The summed E-state index contributed by atoms with van der Waals surface area (Å²) in [6.45, 7) is 2.31. The molecule has 3 aromatic rings. The number of benzene rings is 2. The lowest BCUT2D eigenvalue weighted by Gasteiger charge is -2.18. The molecule has 0 atom stereocenters. The highest BCUT2D eigenvalue weighted by atomic mass is 79.9. The Hall–Kier alpha value is -2.34. The van der Waals surface area contributed by atoms with Crippen LogP contribution in [-0.4, -0.2) is 11.7 Å². The van der Waals surface area contributed by atoms with Crippen molar-refractivity contribution >= 4 is 32.5 Å². The molecule has 0 spiro atoms. The van der Waals surface area contributed by atoms with Gasteiger partial charge in [0.15, 0.2) is 5.82 Å². The number of anilines is 1. The average Bonchev–Trinajstić information content (AvgIpc) is 3.51. The van der Waals surface area contributed by atoms with Crippen LogP contribution in [0, 0.1) is 12.7 Å². The van der Waals surface area contributed by atoms with Crippen LogP contribution in [0.4, 0.5) is 10.1 Å². The van der Waals surface area contributed by atoms with Crippen molar-refractivity contribution in [2.24, 2.45) is 0 Å². The van der Waals surface area contributed by atoms with E-state index in [0.29, 0.717) is 16.7 Å². The molecule has 0 amide bonds. The SMILES string of the molecule is COc1ccc(CNc2c(F)c(Br)c(C)c3c2ccc(=O)n3C2CC2)cc1. The number of aryl methyl sites for hydroxylation is 1. The average molecular weight is 431 g/mol. The van der Waals surface area contributed by atoms with Crippen LogP contribution in [0.2, 0.25) is 0 Å². The molecule has 0 unspecified atom stereocenters. The molecule has 4 rings (SSSR count). The van der Waals surface area contributed by atoms with E-state index in [1.54, 1.807) is 13.2 Å². The van der Waals surface area contributed by atoms with Gasteiger partial charge < -0.3 is 14.6 Å². The fourth-order valence-corrected chi connectivity index (χ4v) is 3.82. The number of pyridine rings is 1. The van der Waals surface area contributed by atoms with Crippen molar-refractivity contribution in [1.82, 2.24) is 4.57 Å². The monoisotopic (exact) mass is 430 g/mol. The summed E-state index contributed by atoms with van der Waals surface area (Å²) in [5.41, 5.74) is 2.94. The maximum absolute atomic E-state index is 15.0. The van der Waals surface area contributed by atoms with Gasteiger partial charge in [-0.3, -0.25) is 4.79 Å². The Morgan fingerprint density at radius 1 is 1.22 bits per heavy atom. The smallest absolute Gasteiger partial charge is 0.251 e. The normalized spacial score (nSPS) is 13.8. The first-order chi connectivity index (χ1) is 13.0. The van der Waals surface area contributed by atoms with Crippen LogP contribution in [-0.2, 0) is 6.54 Å². The van der Waals surface area contributed by atoms with E-state index in [1.165, 1.54) is 6.07 Å². The Bertz CT molecular complexity index is 1070. The Kier molecular flexibility index (Phi) is 4.68. The first-order valence-electron chi connectivity index (χ1n) is 8.91. The number of rotatable bonds is 5. The number of hydrogen-bond donors (Lipinski definition) is 1. The van der Waals surface area contributed by atoms with Gasteiger partial charge in [-0.05, 0) is 65.0 Å². The van der Waals surface area contributed by atoms with Gasteiger partial charge in [-0.2, -0.15) is 0 Å². The molecule has 4 nitrogen and oxygen atoms in total. The van der Waals surface area contributed by atoms with Crippen LogP contribution < -0.4 is 15.6 Å². The van der Waals surface area contributed by atoms with Gasteiger partial charge in [0.05, 0.1) is 22.8 Å². The zero-order chi connectivity index (χ0) is 19.1. The van der Waals surface area contributed by atoms with Crippen molar-refractivity contribution < 1.29 is 9.13 Å². The third-order valence-electron chi connectivity index (χ3n) is 5.03. The second-order valence-electron chi connectivity index (χ2n) is 6.86. The number of hydrogen-bond acceptors (Lipinski definition) is 3. The van der Waals surface area contributed by atoms with Crippen molar-refractivity contribution in [2.75, 3.05) is 12.4 Å². The van der Waals surface area contributed by atoms with Gasteiger partial charge in [0.1, 0.15) is 5.75 Å².